The van der Waals surface area contributed by atoms with Gasteiger partial charge in [0.2, 0.25) is 76.7 Å². The van der Waals surface area contributed by atoms with Crippen molar-refractivity contribution in [2.45, 2.75) is 192 Å². The summed E-state index contributed by atoms with van der Waals surface area (Å²) in [5.74, 6) is -18.6. The number of aliphatic imine (C=N–C) groups is 13. The number of hydrogen-bond acceptors (Lipinski definition) is 22. The third-order valence-corrected chi connectivity index (χ3v) is 20.5. The summed E-state index contributed by atoms with van der Waals surface area (Å²) >= 11 is 0. The van der Waals surface area contributed by atoms with Gasteiger partial charge in [-0.3, -0.25) is 30.8 Å². The molecule has 2 aromatic carbocycles. The van der Waals surface area contributed by atoms with Crippen molar-refractivity contribution in [2.24, 2.45) is 88.4 Å². The third-order valence-electron chi connectivity index (χ3n) is 17.6. The zero-order valence-corrected chi connectivity index (χ0v) is 67.3. The Balaban J connectivity index is 1.90. The number of aliphatic hydroxyl groups excluding tert-OH is 15. The quantitative estimate of drug-likeness (QED) is 0.00828. The number of carboxylic acid groups (broad SMARTS) is 1. The molecule has 14 unspecified atom stereocenters. The molecule has 2 aromatic heterocycles. The molecule has 4 aromatic rings. The summed E-state index contributed by atoms with van der Waals surface area (Å²) in [7, 11) is -3.31. The molecule has 0 saturated carbocycles. The van der Waals surface area contributed by atoms with Crippen LogP contribution in [0.5, 0.6) is 5.75 Å². The van der Waals surface area contributed by atoms with Crippen molar-refractivity contribution in [3.8, 4) is 5.75 Å². The van der Waals surface area contributed by atoms with Gasteiger partial charge in [-0.25, -0.2) is 74.5 Å². The second-order valence-corrected chi connectivity index (χ2v) is 30.9. The first kappa shape index (κ1) is 95.2. The summed E-state index contributed by atoms with van der Waals surface area (Å²) in [6, 6.07) is -7.89. The number of phosphoric ester groups is 1. The molecular formula is C71H104N21O21PS2. The number of carboxylic acids is 1. The molecule has 636 valence electrons. The first-order valence-electron chi connectivity index (χ1n) is 36.5. The predicted octanol–water partition coefficient (Wildman–Crippen LogP) is 9.02. The number of fused-ring (bicyclic) bond motifs is 1. The lowest BCUT2D eigenvalue weighted by atomic mass is 9.99. The highest BCUT2D eigenvalue weighted by Gasteiger charge is 2.34. The molecule has 0 fully saturated rings. The van der Waals surface area contributed by atoms with Gasteiger partial charge in [0, 0.05) is 79.6 Å². The van der Waals surface area contributed by atoms with Crippen molar-refractivity contribution in [1.29, 1.82) is 16.2 Å². The van der Waals surface area contributed by atoms with E-state index in [2.05, 4.69) is 85.2 Å². The molecule has 45 heteroatoms. The maximum Gasteiger partial charge on any atom is 0.524 e. The average molecular weight is 1680 g/mol. The molecule has 0 aliphatic carbocycles. The van der Waals surface area contributed by atoms with Gasteiger partial charge in [0.15, 0.2) is 17.8 Å². The van der Waals surface area contributed by atoms with Gasteiger partial charge in [0.1, 0.15) is 84.8 Å². The Morgan fingerprint density at radius 2 is 1.23 bits per heavy atom. The predicted molar refractivity (Wildman–Crippen MR) is 450 cm³/mol. The fourth-order valence-electron chi connectivity index (χ4n) is 11.0. The molecule has 0 spiro atoms. The number of phosphoric acid groups is 1. The van der Waals surface area contributed by atoms with Gasteiger partial charge in [0.25, 0.3) is 0 Å². The zero-order chi connectivity index (χ0) is 86.3. The van der Waals surface area contributed by atoms with E-state index >= 15 is 0 Å². The van der Waals surface area contributed by atoms with Gasteiger partial charge >= 0.3 is 13.8 Å². The van der Waals surface area contributed by atoms with E-state index in [1.165, 1.54) is 52.4 Å². The van der Waals surface area contributed by atoms with E-state index in [0.717, 1.165) is 33.7 Å². The van der Waals surface area contributed by atoms with Crippen LogP contribution in [0.2, 0.25) is 0 Å². The number of aromatic nitrogens is 3. The molecule has 0 bridgehead atoms. The third kappa shape index (κ3) is 31.8. The normalized spacial score (nSPS) is 23.1. The molecular weight excluding hydrogens is 1580 g/mol. The zero-order valence-electron chi connectivity index (χ0n) is 64.8. The number of aliphatic carboxylic acids is 1. The largest absolute Gasteiger partial charge is 0.524 e. The monoisotopic (exact) mass is 1680 g/mol. The summed E-state index contributed by atoms with van der Waals surface area (Å²) in [4.78, 5) is 97.2. The Morgan fingerprint density at radius 1 is 0.664 bits per heavy atom. The second-order valence-electron chi connectivity index (χ2n) is 27.2. The minimum absolute atomic E-state index is 0.00147. The first-order valence-corrected chi connectivity index (χ1v) is 40.5. The van der Waals surface area contributed by atoms with Crippen molar-refractivity contribution in [2.75, 3.05) is 24.6 Å². The molecule has 26 N–H and O–H groups in total. The van der Waals surface area contributed by atoms with Crippen LogP contribution < -0.4 is 15.6 Å². The van der Waals surface area contributed by atoms with Crippen molar-refractivity contribution in [3.63, 3.8) is 0 Å². The SMILES string of the molecule is CCC(C)C(N=C(O)C1CSSCC(N=C(O)C(N=C(C)O)C(C)CC)C(O)=NC(C(C)C)C(O)=NC(Cc2ccc(OP(=O)(O)O)cc2)C(O)=NC(CCC(=N)O)C(O)=NC(CC(=O)O)C(O)=NC(Cc2c[nH]c3ccccc23)C(O)=NCC(O)=NC(C)C(O)=NC(Cc2cnc[nH]2)C(O)=NC(CCCNC(=N)N)C(O)=N1)C(=N)O. The van der Waals surface area contributed by atoms with Crippen LogP contribution in [0.15, 0.2) is 132 Å². The number of aliphatic hydroxyl groups is 15. The van der Waals surface area contributed by atoms with Crippen LogP contribution in [-0.4, -0.2) is 304 Å². The van der Waals surface area contributed by atoms with Crippen LogP contribution in [0, 0.1) is 34.0 Å². The Morgan fingerprint density at radius 3 is 1.83 bits per heavy atom. The molecule has 1 aliphatic rings. The van der Waals surface area contributed by atoms with Gasteiger partial charge < -0.3 is 107 Å². The lowest BCUT2D eigenvalue weighted by molar-refractivity contribution is -0.137. The van der Waals surface area contributed by atoms with E-state index < -0.39 is 231 Å². The smallest absolute Gasteiger partial charge is 0.497 e. The number of nitrogens with zero attached hydrogens (tertiary/aromatic N) is 14. The highest BCUT2D eigenvalue weighted by molar-refractivity contribution is 8.76. The highest BCUT2D eigenvalue weighted by Crippen LogP contribution is 2.38. The molecule has 42 nitrogen and oxygen atoms in total. The van der Waals surface area contributed by atoms with Crippen LogP contribution >= 0.6 is 29.4 Å². The van der Waals surface area contributed by atoms with Crippen LogP contribution in [0.25, 0.3) is 10.9 Å². The van der Waals surface area contributed by atoms with E-state index in [4.69, 9.17) is 26.5 Å². The molecule has 14 atom stereocenters. The lowest BCUT2D eigenvalue weighted by Gasteiger charge is -2.22. The van der Waals surface area contributed by atoms with Gasteiger partial charge in [-0.2, -0.15) is 0 Å². The van der Waals surface area contributed by atoms with Gasteiger partial charge in [0.05, 0.1) is 12.7 Å². The summed E-state index contributed by atoms with van der Waals surface area (Å²) in [6.07, 6.45) is 1.27. The maximum absolute atomic E-state index is 12.6. The van der Waals surface area contributed by atoms with Crippen molar-refractivity contribution in [1.82, 2.24) is 20.3 Å². The summed E-state index contributed by atoms with van der Waals surface area (Å²) in [5.41, 5.74) is 7.14. The van der Waals surface area contributed by atoms with Crippen molar-refractivity contribution in [3.05, 3.63) is 84.1 Å². The average Bonchev–Trinajstić information content (AvgIpc) is 1.78. The van der Waals surface area contributed by atoms with Crippen LogP contribution in [0.3, 0.4) is 0 Å². The highest BCUT2D eigenvalue weighted by atomic mass is 33.1. The fourth-order valence-corrected chi connectivity index (χ4v) is 13.7. The Bertz CT molecular complexity index is 4430. The van der Waals surface area contributed by atoms with Crippen LogP contribution in [0.4, 0.5) is 0 Å². The van der Waals surface area contributed by atoms with Gasteiger partial charge in [-0.15, -0.1) is 0 Å². The number of imidazole rings is 1. The van der Waals surface area contributed by atoms with E-state index in [-0.39, 0.29) is 55.0 Å². The minimum Gasteiger partial charge on any atom is -0.497 e. The second kappa shape index (κ2) is 46.2. The molecule has 0 saturated heterocycles. The minimum atomic E-state index is -5.10. The summed E-state index contributed by atoms with van der Waals surface area (Å²) in [6.45, 7) is 11.5. The number of guanidine groups is 1. The summed E-state index contributed by atoms with van der Waals surface area (Å²) < 4.78 is 16.5. The topological polar surface area (TPSA) is 722 Å². The first-order chi connectivity index (χ1) is 54.7. The van der Waals surface area contributed by atoms with Crippen LogP contribution in [0.1, 0.15) is 117 Å². The number of hydrogen-bond donors (Lipinski definition) is 25. The van der Waals surface area contributed by atoms with Crippen LogP contribution in [-0.2, 0) is 28.6 Å². The Kier molecular flexibility index (Phi) is 38.0. The van der Waals surface area contributed by atoms with E-state index in [9.17, 15) is 101 Å². The number of nitrogens with one attached hydrogen (secondary N) is 6. The number of aromatic amines is 2. The number of nitrogens with two attached hydrogens (primary N) is 1. The Hall–Kier alpha value is -11.4. The van der Waals surface area contributed by atoms with Crippen molar-refractivity contribution < 1.29 is 105 Å². The molecule has 0 radical (unpaired) electrons. The molecule has 0 amide bonds. The van der Waals surface area contributed by atoms with Gasteiger partial charge in [-0.1, -0.05) is 106 Å². The number of rotatable bonds is 28. The molecule has 5 rings (SSSR count). The standard InChI is InChI=1S/C71H104N21O21PS2/c1-9-35(5)57(59(73)98)92-68(107)51-31-115-116-32-52(90-70(109)58(36(6)10-2)82-38(8)93)67(106)91-56(34(3)4)69(108)88-47(24-39-17-19-42(20-18-39)113-114(110,111)112)64(103)84-46(21-22-53(72)94)63(102)87-50(27-55(96)97)66(105)86-48(25-40-28-78-44-15-12-11-14-43(40)44)61(100)79-30-54(95)81-37(7)60(99)85-49(26-41-29-76-33-80-41)65(104)83-45(62(101)89-51)16-13-23-77-71(74)75/h11-12,14-15,17-20,28-29,33-37,45-52,56-58,78H,9-10,13,16,21-27,30-32H2,1-8H3,(H2,72,94)(H2,73,98)(H,76,80)(H,79,100)(H,81,95)(H,82,93)(H,83,104)(H,84,103)(H,85,99)(H,86,105)(H,87,102)(H,88,108)(H,89,101)(H,90,109)(H,91,106)(H,92,107)(H,96,97)(H4,74,75,77)(H2,110,111,112). The number of benzene rings is 2. The number of carbonyl (C=O) groups is 1. The molecule has 1 aliphatic heterocycles. The number of para-hydroxylation sites is 1. The van der Waals surface area contributed by atoms with E-state index in [0.29, 0.717) is 35.0 Å². The van der Waals surface area contributed by atoms with Crippen molar-refractivity contribution >= 4 is 141 Å². The molecule has 116 heavy (non-hydrogen) atoms. The van der Waals surface area contributed by atoms with E-state index in [1.54, 1.807) is 58.2 Å². The van der Waals surface area contributed by atoms with E-state index in [1.807, 2.05) is 0 Å². The number of H-pyrrole nitrogens is 2. The summed E-state index contributed by atoms with van der Waals surface area (Å²) in [5, 5.41) is 212. The van der Waals surface area contributed by atoms with Gasteiger partial charge in [-0.05, 0) is 73.3 Å². The molecule has 3 heterocycles. The lowest BCUT2D eigenvalue weighted by Crippen LogP contribution is -2.35. The maximum atomic E-state index is 12.6. The fraction of sp³-hybridized carbons (Fsp3) is 0.521. The Labute approximate surface area is 674 Å².